The van der Waals surface area contributed by atoms with Gasteiger partial charge >= 0.3 is 0 Å². The van der Waals surface area contributed by atoms with E-state index in [1.807, 2.05) is 12.1 Å². The summed E-state index contributed by atoms with van der Waals surface area (Å²) >= 11 is 5.85. The molecule has 2 aromatic carbocycles. The van der Waals surface area contributed by atoms with E-state index in [-0.39, 0.29) is 10.8 Å². The smallest absolute Gasteiger partial charge is 0.254 e. The van der Waals surface area contributed by atoms with Gasteiger partial charge in [0.15, 0.2) is 9.84 Å². The zero-order valence-corrected chi connectivity index (χ0v) is 14.8. The molecule has 0 radical (unpaired) electrons. The lowest BCUT2D eigenvalue weighted by atomic mass is 10.1. The van der Waals surface area contributed by atoms with Crippen molar-refractivity contribution >= 4 is 27.3 Å². The van der Waals surface area contributed by atoms with Crippen molar-refractivity contribution in [3.8, 4) is 0 Å². The molecule has 1 amide bonds. The third kappa shape index (κ3) is 4.33. The lowest BCUT2D eigenvalue weighted by Crippen LogP contribution is -2.27. The average Bonchev–Trinajstić information content (AvgIpc) is 2.48. The molecule has 0 bridgehead atoms. The average molecular weight is 352 g/mol. The minimum absolute atomic E-state index is 0.145. The highest BCUT2D eigenvalue weighted by Crippen LogP contribution is 2.18. The third-order valence-corrected chi connectivity index (χ3v) is 4.91. The second kappa shape index (κ2) is 6.72. The first kappa shape index (κ1) is 17.5. The Morgan fingerprint density at radius 3 is 2.30 bits per heavy atom. The fourth-order valence-corrected chi connectivity index (χ4v) is 2.98. The van der Waals surface area contributed by atoms with Crippen molar-refractivity contribution in [1.82, 2.24) is 4.90 Å². The standard InChI is InChI=1S/C17H18ClNO3S/c1-12-4-9-15(23(3,21)22)10-16(12)17(20)19(2)11-13-5-7-14(18)8-6-13/h4-10H,11H2,1-3H3. The van der Waals surface area contributed by atoms with Crippen molar-refractivity contribution in [2.24, 2.45) is 0 Å². The van der Waals surface area contributed by atoms with Gasteiger partial charge in [-0.15, -0.1) is 0 Å². The fraction of sp³-hybridized carbons (Fsp3) is 0.235. The largest absolute Gasteiger partial charge is 0.337 e. The normalized spacial score (nSPS) is 11.3. The molecule has 0 aliphatic carbocycles. The maximum absolute atomic E-state index is 12.6. The van der Waals surface area contributed by atoms with Gasteiger partial charge in [0.05, 0.1) is 4.90 Å². The first-order valence-corrected chi connectivity index (χ1v) is 9.26. The Morgan fingerprint density at radius 1 is 1.13 bits per heavy atom. The second-order valence-electron chi connectivity index (χ2n) is 5.54. The van der Waals surface area contributed by atoms with Crippen LogP contribution in [0.15, 0.2) is 47.4 Å². The lowest BCUT2D eigenvalue weighted by Gasteiger charge is -2.19. The molecule has 0 aliphatic heterocycles. The van der Waals surface area contributed by atoms with Gasteiger partial charge in [-0.3, -0.25) is 4.79 Å². The van der Waals surface area contributed by atoms with Crippen molar-refractivity contribution in [3.05, 3.63) is 64.2 Å². The van der Waals surface area contributed by atoms with Gasteiger partial charge in [0.1, 0.15) is 0 Å². The van der Waals surface area contributed by atoms with Gasteiger partial charge in [0.2, 0.25) is 0 Å². The molecule has 122 valence electrons. The summed E-state index contributed by atoms with van der Waals surface area (Å²) in [7, 11) is -1.67. The first-order chi connectivity index (χ1) is 10.7. The Balaban J connectivity index is 2.27. The van der Waals surface area contributed by atoms with Crippen LogP contribution >= 0.6 is 11.6 Å². The van der Waals surface area contributed by atoms with Crippen molar-refractivity contribution in [3.63, 3.8) is 0 Å². The number of benzene rings is 2. The van der Waals surface area contributed by atoms with Gasteiger partial charge in [-0.05, 0) is 42.3 Å². The third-order valence-electron chi connectivity index (χ3n) is 3.55. The van der Waals surface area contributed by atoms with Crippen LogP contribution in [0.1, 0.15) is 21.5 Å². The van der Waals surface area contributed by atoms with Crippen LogP contribution < -0.4 is 0 Å². The van der Waals surface area contributed by atoms with Gasteiger partial charge in [0, 0.05) is 30.4 Å². The van der Waals surface area contributed by atoms with Crippen LogP contribution in [0.2, 0.25) is 5.02 Å². The minimum Gasteiger partial charge on any atom is -0.337 e. The predicted molar refractivity (Wildman–Crippen MR) is 91.5 cm³/mol. The molecule has 0 aromatic heterocycles. The molecule has 0 heterocycles. The highest BCUT2D eigenvalue weighted by atomic mass is 35.5. The summed E-state index contributed by atoms with van der Waals surface area (Å²) in [5, 5.41) is 0.638. The maximum Gasteiger partial charge on any atom is 0.254 e. The number of halogens is 1. The summed E-state index contributed by atoms with van der Waals surface area (Å²) in [5.74, 6) is -0.219. The molecular formula is C17H18ClNO3S. The summed E-state index contributed by atoms with van der Waals surface area (Å²) in [5.41, 5.74) is 2.08. The van der Waals surface area contributed by atoms with E-state index < -0.39 is 9.84 Å². The number of amides is 1. The molecule has 23 heavy (non-hydrogen) atoms. The Kier molecular flexibility index (Phi) is 5.12. The SMILES string of the molecule is Cc1ccc(S(C)(=O)=O)cc1C(=O)N(C)Cc1ccc(Cl)cc1. The van der Waals surface area contributed by atoms with Crippen LogP contribution in [0.4, 0.5) is 0 Å². The maximum atomic E-state index is 12.6. The van der Waals surface area contributed by atoms with Crippen LogP contribution in [0, 0.1) is 6.92 Å². The Hall–Kier alpha value is -1.85. The van der Waals surface area contributed by atoms with E-state index in [0.29, 0.717) is 17.1 Å². The molecule has 0 fully saturated rings. The quantitative estimate of drug-likeness (QED) is 0.849. The zero-order chi connectivity index (χ0) is 17.2. The van der Waals surface area contributed by atoms with Gasteiger partial charge in [-0.2, -0.15) is 0 Å². The van der Waals surface area contributed by atoms with E-state index >= 15 is 0 Å². The molecule has 4 nitrogen and oxygen atoms in total. The Labute approximate surface area is 141 Å². The molecule has 0 atom stereocenters. The van der Waals surface area contributed by atoms with Crippen molar-refractivity contribution in [2.45, 2.75) is 18.4 Å². The molecule has 0 saturated heterocycles. The molecule has 0 unspecified atom stereocenters. The number of hydrogen-bond acceptors (Lipinski definition) is 3. The monoisotopic (exact) mass is 351 g/mol. The minimum atomic E-state index is -3.35. The number of sulfone groups is 1. The van der Waals surface area contributed by atoms with E-state index in [2.05, 4.69) is 0 Å². The molecule has 0 spiro atoms. The highest BCUT2D eigenvalue weighted by Gasteiger charge is 2.17. The van der Waals surface area contributed by atoms with Crippen molar-refractivity contribution in [2.75, 3.05) is 13.3 Å². The summed E-state index contributed by atoms with van der Waals surface area (Å²) in [4.78, 5) is 14.3. The first-order valence-electron chi connectivity index (χ1n) is 6.99. The van der Waals surface area contributed by atoms with E-state index in [0.717, 1.165) is 17.4 Å². The zero-order valence-electron chi connectivity index (χ0n) is 13.2. The highest BCUT2D eigenvalue weighted by molar-refractivity contribution is 7.90. The second-order valence-corrected chi connectivity index (χ2v) is 7.99. The van der Waals surface area contributed by atoms with E-state index in [9.17, 15) is 13.2 Å². The van der Waals surface area contributed by atoms with E-state index in [1.54, 1.807) is 37.1 Å². The van der Waals surface area contributed by atoms with Gasteiger partial charge in [-0.25, -0.2) is 8.42 Å². The van der Waals surface area contributed by atoms with Crippen LogP contribution in [-0.4, -0.2) is 32.5 Å². The number of nitrogens with zero attached hydrogens (tertiary/aromatic N) is 1. The van der Waals surface area contributed by atoms with E-state index in [1.165, 1.54) is 12.1 Å². The molecule has 0 aliphatic rings. The van der Waals surface area contributed by atoms with Crippen LogP contribution in [0.25, 0.3) is 0 Å². The van der Waals surface area contributed by atoms with Gasteiger partial charge in [-0.1, -0.05) is 29.8 Å². The Bertz CT molecular complexity index is 829. The summed E-state index contributed by atoms with van der Waals surface area (Å²) in [6.45, 7) is 2.20. The molecule has 2 rings (SSSR count). The molecular weight excluding hydrogens is 334 g/mol. The molecule has 2 aromatic rings. The summed E-state index contributed by atoms with van der Waals surface area (Å²) in [6, 6.07) is 11.8. The summed E-state index contributed by atoms with van der Waals surface area (Å²) < 4.78 is 23.3. The summed E-state index contributed by atoms with van der Waals surface area (Å²) in [6.07, 6.45) is 1.13. The van der Waals surface area contributed by atoms with Crippen molar-refractivity contribution < 1.29 is 13.2 Å². The predicted octanol–water partition coefficient (Wildman–Crippen LogP) is 3.32. The topological polar surface area (TPSA) is 54.5 Å². The van der Waals surface area contributed by atoms with Crippen LogP contribution in [0.3, 0.4) is 0 Å². The number of aryl methyl sites for hydroxylation is 1. The van der Waals surface area contributed by atoms with Gasteiger partial charge < -0.3 is 4.90 Å². The number of hydrogen-bond donors (Lipinski definition) is 0. The molecule has 0 saturated carbocycles. The van der Waals surface area contributed by atoms with E-state index in [4.69, 9.17) is 11.6 Å². The lowest BCUT2D eigenvalue weighted by molar-refractivity contribution is 0.0784. The Morgan fingerprint density at radius 2 is 1.74 bits per heavy atom. The molecule has 0 N–H and O–H groups in total. The number of rotatable bonds is 4. The van der Waals surface area contributed by atoms with Gasteiger partial charge in [0.25, 0.3) is 5.91 Å². The number of carbonyl (C=O) groups excluding carboxylic acids is 1. The van der Waals surface area contributed by atoms with Crippen molar-refractivity contribution in [1.29, 1.82) is 0 Å². The fourth-order valence-electron chi connectivity index (χ4n) is 2.20. The molecule has 6 heteroatoms. The van der Waals surface area contributed by atoms with Crippen LogP contribution in [0.5, 0.6) is 0 Å². The van der Waals surface area contributed by atoms with Crippen LogP contribution in [-0.2, 0) is 16.4 Å². The number of carbonyl (C=O) groups is 1.